The van der Waals surface area contributed by atoms with Crippen molar-refractivity contribution in [2.24, 2.45) is 5.10 Å². The average Bonchev–Trinajstić information content (AvgIpc) is 2.76. The molecule has 1 aromatic carbocycles. The predicted molar refractivity (Wildman–Crippen MR) is 136 cm³/mol. The Morgan fingerprint density at radius 2 is 1.48 bits per heavy atom. The van der Waals surface area contributed by atoms with Crippen LogP contribution in [0.2, 0.25) is 0 Å². The number of hydrogen-bond acceptors (Lipinski definition) is 4. The molecule has 0 radical (unpaired) electrons. The molecule has 1 aromatic rings. The fourth-order valence-corrected chi connectivity index (χ4v) is 3.67. The predicted octanol–water partition coefficient (Wildman–Crippen LogP) is 6.68. The molecular formula is C25H43N3O2S. The van der Waals surface area contributed by atoms with Gasteiger partial charge < -0.3 is 15.2 Å². The summed E-state index contributed by atoms with van der Waals surface area (Å²) in [5.41, 5.74) is 3.57. The van der Waals surface area contributed by atoms with Gasteiger partial charge in [0.25, 0.3) is 0 Å². The van der Waals surface area contributed by atoms with E-state index in [9.17, 15) is 5.11 Å². The highest BCUT2D eigenvalue weighted by molar-refractivity contribution is 7.80. The minimum Gasteiger partial charge on any atom is -0.504 e. The van der Waals surface area contributed by atoms with Crippen LogP contribution in [0.25, 0.3) is 0 Å². The van der Waals surface area contributed by atoms with Crippen molar-refractivity contribution in [2.45, 2.75) is 96.8 Å². The second-order valence-electron chi connectivity index (χ2n) is 8.15. The lowest BCUT2D eigenvalue weighted by atomic mass is 10.0. The topological polar surface area (TPSA) is 65.9 Å². The quantitative estimate of drug-likeness (QED) is 0.101. The van der Waals surface area contributed by atoms with Crippen molar-refractivity contribution < 1.29 is 9.84 Å². The fraction of sp³-hybridized carbons (Fsp3) is 0.680. The van der Waals surface area contributed by atoms with Gasteiger partial charge in [-0.15, -0.1) is 0 Å². The van der Waals surface area contributed by atoms with Gasteiger partial charge in [0.05, 0.1) is 13.3 Å². The molecule has 0 heterocycles. The smallest absolute Gasteiger partial charge is 0.186 e. The molecule has 0 amide bonds. The number of phenolic OH excluding ortho intramolecular Hbond substituents is 1. The number of phenols is 1. The third-order valence-corrected chi connectivity index (χ3v) is 5.63. The maximum atomic E-state index is 9.76. The van der Waals surface area contributed by atoms with Crippen molar-refractivity contribution >= 4 is 23.5 Å². The lowest BCUT2D eigenvalue weighted by Gasteiger charge is -2.07. The number of methoxy groups -OCH3 is 1. The summed E-state index contributed by atoms with van der Waals surface area (Å²) < 4.78 is 5.02. The zero-order valence-corrected chi connectivity index (χ0v) is 20.4. The van der Waals surface area contributed by atoms with Gasteiger partial charge in [-0.3, -0.25) is 5.43 Å². The minimum atomic E-state index is 0.0879. The number of hydrazone groups is 1. The molecule has 0 unspecified atom stereocenters. The Labute approximate surface area is 195 Å². The number of thiocarbonyl (C=S) groups is 1. The standard InChI is InChI=1S/C25H43N3O2S/c1-3-4-5-6-7-8-9-10-11-12-13-14-15-16-19-26-25(31)28-27-21-22-17-18-24(30-2)23(29)20-22/h17-18,20-21,29H,3-16,19H2,1-2H3,(H2,26,28,31). The number of nitrogens with one attached hydrogen (secondary N) is 2. The Morgan fingerprint density at radius 3 is 2.00 bits per heavy atom. The van der Waals surface area contributed by atoms with Crippen LogP contribution in [0.5, 0.6) is 11.5 Å². The van der Waals surface area contributed by atoms with Gasteiger partial charge in [-0.05, 0) is 42.4 Å². The van der Waals surface area contributed by atoms with Crippen molar-refractivity contribution in [2.75, 3.05) is 13.7 Å². The van der Waals surface area contributed by atoms with Crippen molar-refractivity contribution in [3.63, 3.8) is 0 Å². The summed E-state index contributed by atoms with van der Waals surface area (Å²) in [6.07, 6.45) is 20.7. The molecule has 0 atom stereocenters. The van der Waals surface area contributed by atoms with Crippen LogP contribution >= 0.6 is 12.2 Å². The van der Waals surface area contributed by atoms with Crippen LogP contribution in [-0.2, 0) is 0 Å². The van der Waals surface area contributed by atoms with Crippen LogP contribution < -0.4 is 15.5 Å². The summed E-state index contributed by atoms with van der Waals surface area (Å²) in [6.45, 7) is 3.14. The summed E-state index contributed by atoms with van der Waals surface area (Å²) in [5, 5.41) is 17.5. The first-order valence-electron chi connectivity index (χ1n) is 12.1. The number of hydrogen-bond donors (Lipinski definition) is 3. The molecule has 6 heteroatoms. The third kappa shape index (κ3) is 14.8. The van der Waals surface area contributed by atoms with Gasteiger partial charge in [0, 0.05) is 6.54 Å². The molecule has 0 aliphatic heterocycles. The fourth-order valence-electron chi connectivity index (χ4n) is 3.51. The maximum Gasteiger partial charge on any atom is 0.186 e. The summed E-state index contributed by atoms with van der Waals surface area (Å²) in [6, 6.07) is 5.10. The van der Waals surface area contributed by atoms with E-state index >= 15 is 0 Å². The molecule has 31 heavy (non-hydrogen) atoms. The van der Waals surface area contributed by atoms with Gasteiger partial charge in [0.2, 0.25) is 0 Å². The molecule has 0 aliphatic carbocycles. The van der Waals surface area contributed by atoms with Gasteiger partial charge in [0.15, 0.2) is 16.6 Å². The molecule has 0 fully saturated rings. The molecule has 0 spiro atoms. The Bertz CT molecular complexity index is 623. The highest BCUT2D eigenvalue weighted by atomic mass is 32.1. The summed E-state index contributed by atoms with van der Waals surface area (Å²) in [7, 11) is 1.52. The van der Waals surface area contributed by atoms with Gasteiger partial charge in [-0.2, -0.15) is 5.10 Å². The van der Waals surface area contributed by atoms with Gasteiger partial charge >= 0.3 is 0 Å². The number of ether oxygens (including phenoxy) is 1. The van der Waals surface area contributed by atoms with Crippen LogP contribution in [-0.4, -0.2) is 30.1 Å². The van der Waals surface area contributed by atoms with E-state index in [1.165, 1.54) is 90.6 Å². The molecule has 0 saturated heterocycles. The van der Waals surface area contributed by atoms with Crippen molar-refractivity contribution in [3.8, 4) is 11.5 Å². The van der Waals surface area contributed by atoms with Crippen molar-refractivity contribution in [3.05, 3.63) is 23.8 Å². The van der Waals surface area contributed by atoms with E-state index in [-0.39, 0.29) is 5.75 Å². The molecule has 0 bridgehead atoms. The summed E-state index contributed by atoms with van der Waals surface area (Å²) in [5.74, 6) is 0.528. The Hall–Kier alpha value is -1.82. The first-order chi connectivity index (χ1) is 15.2. The normalized spacial score (nSPS) is 11.0. The van der Waals surface area contributed by atoms with Gasteiger partial charge in [-0.25, -0.2) is 0 Å². The molecule has 5 nitrogen and oxygen atoms in total. The zero-order chi connectivity index (χ0) is 22.6. The number of unbranched alkanes of at least 4 members (excludes halogenated alkanes) is 13. The van der Waals surface area contributed by atoms with E-state index in [1.807, 2.05) is 6.07 Å². The first kappa shape index (κ1) is 27.2. The van der Waals surface area contributed by atoms with Gasteiger partial charge in [-0.1, -0.05) is 90.4 Å². The second kappa shape index (κ2) is 18.9. The molecular weight excluding hydrogens is 406 g/mol. The number of benzene rings is 1. The zero-order valence-electron chi connectivity index (χ0n) is 19.6. The summed E-state index contributed by atoms with van der Waals surface area (Å²) >= 11 is 5.23. The molecule has 0 saturated carbocycles. The lowest BCUT2D eigenvalue weighted by Crippen LogP contribution is -2.32. The van der Waals surface area contributed by atoms with E-state index < -0.39 is 0 Å². The summed E-state index contributed by atoms with van der Waals surface area (Å²) in [4.78, 5) is 0. The average molecular weight is 450 g/mol. The van der Waals surface area contributed by atoms with E-state index in [0.29, 0.717) is 10.9 Å². The van der Waals surface area contributed by atoms with Crippen LogP contribution in [0.4, 0.5) is 0 Å². The van der Waals surface area contributed by atoms with Crippen LogP contribution in [0.3, 0.4) is 0 Å². The Balaban J connectivity index is 1.91. The Morgan fingerprint density at radius 1 is 0.935 bits per heavy atom. The van der Waals surface area contributed by atoms with Crippen LogP contribution in [0.1, 0.15) is 102 Å². The van der Waals surface area contributed by atoms with Crippen LogP contribution in [0, 0.1) is 0 Å². The lowest BCUT2D eigenvalue weighted by molar-refractivity contribution is 0.373. The van der Waals surface area contributed by atoms with E-state index in [0.717, 1.165) is 18.5 Å². The van der Waals surface area contributed by atoms with Crippen LogP contribution in [0.15, 0.2) is 23.3 Å². The number of aromatic hydroxyl groups is 1. The molecule has 0 aliphatic rings. The largest absolute Gasteiger partial charge is 0.504 e. The third-order valence-electron chi connectivity index (χ3n) is 5.40. The molecule has 1 rings (SSSR count). The first-order valence-corrected chi connectivity index (χ1v) is 12.5. The molecule has 3 N–H and O–H groups in total. The maximum absolute atomic E-state index is 9.76. The SMILES string of the molecule is CCCCCCCCCCCCCCCCNC(=S)NN=Cc1ccc(OC)c(O)c1. The van der Waals surface area contributed by atoms with E-state index in [4.69, 9.17) is 17.0 Å². The second-order valence-corrected chi connectivity index (χ2v) is 8.56. The van der Waals surface area contributed by atoms with Crippen molar-refractivity contribution in [1.82, 2.24) is 10.7 Å². The molecule has 176 valence electrons. The number of rotatable bonds is 18. The highest BCUT2D eigenvalue weighted by Gasteiger charge is 2.01. The van der Waals surface area contributed by atoms with Crippen molar-refractivity contribution in [1.29, 1.82) is 0 Å². The van der Waals surface area contributed by atoms with Gasteiger partial charge in [0.1, 0.15) is 0 Å². The van der Waals surface area contributed by atoms with E-state index in [2.05, 4.69) is 22.8 Å². The number of nitrogens with zero attached hydrogens (tertiary/aromatic N) is 1. The Kier molecular flexibility index (Phi) is 16.6. The monoisotopic (exact) mass is 449 g/mol. The minimum absolute atomic E-state index is 0.0879. The highest BCUT2D eigenvalue weighted by Crippen LogP contribution is 2.25. The molecule has 0 aromatic heterocycles. The van der Waals surface area contributed by atoms with E-state index in [1.54, 1.807) is 18.3 Å².